The van der Waals surface area contributed by atoms with Crippen molar-refractivity contribution in [3.05, 3.63) is 64.7 Å². The number of benzene rings is 2. The second-order valence-corrected chi connectivity index (χ2v) is 5.31. The van der Waals surface area contributed by atoms with Crippen LogP contribution >= 0.6 is 0 Å². The molecular weight excluding hydrogens is 262 g/mol. The molecule has 3 heteroatoms. The Morgan fingerprint density at radius 2 is 1.86 bits per heavy atom. The average molecular weight is 283 g/mol. The molecule has 3 rings (SSSR count). The van der Waals surface area contributed by atoms with Crippen molar-refractivity contribution in [1.29, 1.82) is 0 Å². The van der Waals surface area contributed by atoms with E-state index in [9.17, 15) is 0 Å². The van der Waals surface area contributed by atoms with Crippen molar-refractivity contribution in [1.82, 2.24) is 5.32 Å². The largest absolute Gasteiger partial charge is 0.489 e. The molecule has 0 fully saturated rings. The first kappa shape index (κ1) is 14.1. The lowest BCUT2D eigenvalue weighted by atomic mass is 9.95. The second kappa shape index (κ2) is 6.74. The van der Waals surface area contributed by atoms with Crippen LogP contribution in [0.5, 0.6) is 5.75 Å². The Morgan fingerprint density at radius 1 is 1.00 bits per heavy atom. The quantitative estimate of drug-likeness (QED) is 0.915. The van der Waals surface area contributed by atoms with Crippen LogP contribution in [-0.4, -0.2) is 13.7 Å². The summed E-state index contributed by atoms with van der Waals surface area (Å²) in [6, 6.07) is 14.5. The van der Waals surface area contributed by atoms with E-state index < -0.39 is 0 Å². The molecular formula is C18H21NO2. The van der Waals surface area contributed by atoms with Gasteiger partial charge in [-0.3, -0.25) is 0 Å². The van der Waals surface area contributed by atoms with Gasteiger partial charge in [-0.2, -0.15) is 0 Å². The maximum atomic E-state index is 6.06. The van der Waals surface area contributed by atoms with Crippen molar-refractivity contribution in [2.24, 2.45) is 0 Å². The van der Waals surface area contributed by atoms with Crippen LogP contribution in [-0.2, 0) is 30.9 Å². The monoisotopic (exact) mass is 283 g/mol. The molecule has 1 aliphatic heterocycles. The molecule has 3 nitrogen and oxygen atoms in total. The third-order valence-corrected chi connectivity index (χ3v) is 3.88. The molecule has 0 aliphatic carbocycles. The number of nitrogens with one attached hydrogen (secondary N) is 1. The van der Waals surface area contributed by atoms with Gasteiger partial charge < -0.3 is 14.8 Å². The van der Waals surface area contributed by atoms with Crippen LogP contribution in [0.25, 0.3) is 0 Å². The van der Waals surface area contributed by atoms with Crippen LogP contribution < -0.4 is 10.1 Å². The van der Waals surface area contributed by atoms with E-state index in [-0.39, 0.29) is 0 Å². The minimum absolute atomic E-state index is 0.615. The fraction of sp³-hybridized carbons (Fsp3) is 0.333. The smallest absolute Gasteiger partial charge is 0.123 e. The number of hydrogen-bond acceptors (Lipinski definition) is 3. The van der Waals surface area contributed by atoms with Gasteiger partial charge in [-0.15, -0.1) is 0 Å². The highest BCUT2D eigenvalue weighted by Crippen LogP contribution is 2.29. The molecule has 2 aromatic carbocycles. The lowest BCUT2D eigenvalue weighted by Crippen LogP contribution is -2.25. The number of fused-ring (bicyclic) bond motifs is 1. The first-order valence-electron chi connectivity index (χ1n) is 7.38. The van der Waals surface area contributed by atoms with Crippen LogP contribution in [0.3, 0.4) is 0 Å². The minimum atomic E-state index is 0.615. The van der Waals surface area contributed by atoms with Crippen molar-refractivity contribution in [2.45, 2.75) is 26.2 Å². The van der Waals surface area contributed by atoms with Crippen molar-refractivity contribution < 1.29 is 9.47 Å². The predicted octanol–water partition coefficient (Wildman–Crippen LogP) is 3.06. The summed E-state index contributed by atoms with van der Waals surface area (Å²) >= 11 is 0. The van der Waals surface area contributed by atoms with Crippen molar-refractivity contribution in [3.63, 3.8) is 0 Å². The maximum absolute atomic E-state index is 6.06. The molecule has 0 amide bonds. The molecule has 0 bridgehead atoms. The fourth-order valence-corrected chi connectivity index (χ4v) is 2.80. The maximum Gasteiger partial charge on any atom is 0.123 e. The summed E-state index contributed by atoms with van der Waals surface area (Å²) in [6.07, 6.45) is 1.01. The zero-order chi connectivity index (χ0) is 14.5. The predicted molar refractivity (Wildman–Crippen MR) is 83.3 cm³/mol. The van der Waals surface area contributed by atoms with Crippen LogP contribution in [0.2, 0.25) is 0 Å². The second-order valence-electron chi connectivity index (χ2n) is 5.31. The van der Waals surface area contributed by atoms with Gasteiger partial charge in [-0.05, 0) is 35.7 Å². The molecule has 0 radical (unpaired) electrons. The molecule has 0 saturated heterocycles. The summed E-state index contributed by atoms with van der Waals surface area (Å²) in [4.78, 5) is 0. The standard InChI is InChI=1S/C18H21NO2/c1-20-13-15-7-8-18(16-9-10-19-11-17(15)16)21-12-14-5-3-2-4-6-14/h2-8,19H,9-13H2,1H3. The van der Waals surface area contributed by atoms with Gasteiger partial charge in [0.05, 0.1) is 6.61 Å². The van der Waals surface area contributed by atoms with Gasteiger partial charge in [0.2, 0.25) is 0 Å². The van der Waals surface area contributed by atoms with E-state index in [1.807, 2.05) is 18.2 Å². The molecule has 2 aromatic rings. The molecule has 0 atom stereocenters. The summed E-state index contributed by atoms with van der Waals surface area (Å²) in [6.45, 7) is 3.18. The summed E-state index contributed by atoms with van der Waals surface area (Å²) in [7, 11) is 1.74. The SMILES string of the molecule is COCc1ccc(OCc2ccccc2)c2c1CNCC2. The molecule has 1 heterocycles. The summed E-state index contributed by atoms with van der Waals surface area (Å²) in [5, 5.41) is 3.43. The molecule has 0 spiro atoms. The molecule has 21 heavy (non-hydrogen) atoms. The van der Waals surface area contributed by atoms with Crippen LogP contribution in [0.15, 0.2) is 42.5 Å². The fourth-order valence-electron chi connectivity index (χ4n) is 2.80. The Kier molecular flexibility index (Phi) is 4.53. The normalized spacial score (nSPS) is 13.8. The Hall–Kier alpha value is -1.84. The molecule has 0 saturated carbocycles. The first-order chi connectivity index (χ1) is 10.4. The lowest BCUT2D eigenvalue weighted by molar-refractivity contribution is 0.183. The molecule has 1 N–H and O–H groups in total. The van der Waals surface area contributed by atoms with Gasteiger partial charge in [-0.1, -0.05) is 36.4 Å². The van der Waals surface area contributed by atoms with Crippen molar-refractivity contribution in [3.8, 4) is 5.75 Å². The number of methoxy groups -OCH3 is 1. The van der Waals surface area contributed by atoms with Gasteiger partial charge in [0.1, 0.15) is 12.4 Å². The third kappa shape index (κ3) is 3.26. The zero-order valence-electron chi connectivity index (χ0n) is 12.4. The van der Waals surface area contributed by atoms with Crippen LogP contribution in [0.4, 0.5) is 0 Å². The van der Waals surface area contributed by atoms with Gasteiger partial charge in [0.15, 0.2) is 0 Å². The average Bonchev–Trinajstić information content (AvgIpc) is 2.55. The number of rotatable bonds is 5. The topological polar surface area (TPSA) is 30.5 Å². The Labute approximate surface area is 125 Å². The van der Waals surface area contributed by atoms with Crippen LogP contribution in [0.1, 0.15) is 22.3 Å². The minimum Gasteiger partial charge on any atom is -0.489 e. The summed E-state index contributed by atoms with van der Waals surface area (Å²) in [5.74, 6) is 1.01. The van der Waals surface area contributed by atoms with Gasteiger partial charge >= 0.3 is 0 Å². The van der Waals surface area contributed by atoms with E-state index in [1.54, 1.807) is 7.11 Å². The third-order valence-electron chi connectivity index (χ3n) is 3.88. The van der Waals surface area contributed by atoms with E-state index in [1.165, 1.54) is 22.3 Å². The highest BCUT2D eigenvalue weighted by molar-refractivity contribution is 5.46. The molecule has 0 unspecified atom stereocenters. The Balaban J connectivity index is 1.82. The molecule has 1 aliphatic rings. The van der Waals surface area contributed by atoms with Crippen LogP contribution in [0, 0.1) is 0 Å². The summed E-state index contributed by atoms with van der Waals surface area (Å²) < 4.78 is 11.3. The Bertz CT molecular complexity index is 596. The van der Waals surface area contributed by atoms with E-state index in [0.29, 0.717) is 13.2 Å². The Morgan fingerprint density at radius 3 is 2.67 bits per heavy atom. The highest BCUT2D eigenvalue weighted by atomic mass is 16.5. The lowest BCUT2D eigenvalue weighted by Gasteiger charge is -2.23. The van der Waals surface area contributed by atoms with E-state index >= 15 is 0 Å². The number of ether oxygens (including phenoxy) is 2. The van der Waals surface area contributed by atoms with E-state index in [4.69, 9.17) is 9.47 Å². The van der Waals surface area contributed by atoms with Crippen molar-refractivity contribution in [2.75, 3.05) is 13.7 Å². The highest BCUT2D eigenvalue weighted by Gasteiger charge is 2.17. The molecule has 110 valence electrons. The van der Waals surface area contributed by atoms with Gasteiger partial charge in [-0.25, -0.2) is 0 Å². The van der Waals surface area contributed by atoms with Gasteiger partial charge in [0.25, 0.3) is 0 Å². The van der Waals surface area contributed by atoms with E-state index in [0.717, 1.165) is 25.3 Å². The molecule has 0 aromatic heterocycles. The van der Waals surface area contributed by atoms with E-state index in [2.05, 4.69) is 29.6 Å². The first-order valence-corrected chi connectivity index (χ1v) is 7.38. The van der Waals surface area contributed by atoms with Gasteiger partial charge in [0, 0.05) is 19.2 Å². The number of hydrogen-bond donors (Lipinski definition) is 1. The zero-order valence-corrected chi connectivity index (χ0v) is 12.4. The van der Waals surface area contributed by atoms with Crippen molar-refractivity contribution >= 4 is 0 Å². The summed E-state index contributed by atoms with van der Waals surface area (Å²) in [5.41, 5.74) is 5.13.